The van der Waals surface area contributed by atoms with Crippen LogP contribution >= 0.6 is 0 Å². The molecule has 5 nitrogen and oxygen atoms in total. The summed E-state index contributed by atoms with van der Waals surface area (Å²) in [7, 11) is 0. The summed E-state index contributed by atoms with van der Waals surface area (Å²) in [5.74, 6) is -0.412. The van der Waals surface area contributed by atoms with Crippen molar-refractivity contribution < 1.29 is 14.7 Å². The number of carbonyl (C=O) groups excluding carboxylic acids is 2. The quantitative estimate of drug-likeness (QED) is 0.896. The zero-order valence-electron chi connectivity index (χ0n) is 13.4. The van der Waals surface area contributed by atoms with E-state index in [1.54, 1.807) is 17.0 Å². The van der Waals surface area contributed by atoms with Crippen LogP contribution < -0.4 is 5.32 Å². The Balaban J connectivity index is 1.62. The Labute approximate surface area is 136 Å². The number of amides is 2. The minimum atomic E-state index is -0.374. The Morgan fingerprint density at radius 2 is 1.65 bits per heavy atom. The van der Waals surface area contributed by atoms with Gasteiger partial charge in [-0.2, -0.15) is 0 Å². The number of nitrogens with zero attached hydrogens (tertiary/aromatic N) is 1. The maximum Gasteiger partial charge on any atom is 0.255 e. The summed E-state index contributed by atoms with van der Waals surface area (Å²) in [5, 5.41) is 12.7. The molecule has 0 atom stereocenters. The fourth-order valence-corrected chi connectivity index (χ4v) is 3.46. The van der Waals surface area contributed by atoms with Crippen molar-refractivity contribution in [3.8, 4) is 5.75 Å². The van der Waals surface area contributed by atoms with Crippen molar-refractivity contribution in [2.24, 2.45) is 0 Å². The Bertz CT molecular complexity index is 607. The molecule has 2 amide bonds. The van der Waals surface area contributed by atoms with Gasteiger partial charge in [0.25, 0.3) is 5.91 Å². The highest BCUT2D eigenvalue weighted by Crippen LogP contribution is 2.28. The van der Waals surface area contributed by atoms with Gasteiger partial charge >= 0.3 is 0 Å². The number of hydrogen-bond acceptors (Lipinski definition) is 3. The van der Waals surface area contributed by atoms with Crippen LogP contribution in [0.2, 0.25) is 0 Å². The van der Waals surface area contributed by atoms with Crippen molar-refractivity contribution >= 4 is 11.8 Å². The summed E-state index contributed by atoms with van der Waals surface area (Å²) in [6.07, 6.45) is 7.38. The topological polar surface area (TPSA) is 69.6 Å². The first-order valence-electron chi connectivity index (χ1n) is 8.56. The third kappa shape index (κ3) is 3.66. The second-order valence-corrected chi connectivity index (χ2v) is 6.47. The van der Waals surface area contributed by atoms with Crippen LogP contribution in [0.1, 0.15) is 53.6 Å². The van der Waals surface area contributed by atoms with E-state index in [1.807, 2.05) is 0 Å². The van der Waals surface area contributed by atoms with E-state index < -0.39 is 0 Å². The van der Waals surface area contributed by atoms with Gasteiger partial charge in [-0.1, -0.05) is 0 Å². The Hall–Kier alpha value is -2.04. The van der Waals surface area contributed by atoms with Crippen molar-refractivity contribution in [2.75, 3.05) is 19.6 Å². The third-order valence-electron chi connectivity index (χ3n) is 4.81. The predicted molar refractivity (Wildman–Crippen MR) is 87.5 cm³/mol. The maximum atomic E-state index is 12.3. The molecular weight excluding hydrogens is 292 g/mol. The molecule has 0 bridgehead atoms. The van der Waals surface area contributed by atoms with E-state index in [0.717, 1.165) is 62.7 Å². The molecule has 124 valence electrons. The second-order valence-electron chi connectivity index (χ2n) is 6.47. The number of fused-ring (bicyclic) bond motifs is 1. The van der Waals surface area contributed by atoms with Gasteiger partial charge in [0.05, 0.1) is 12.1 Å². The van der Waals surface area contributed by atoms with Gasteiger partial charge in [0.1, 0.15) is 5.75 Å². The SMILES string of the molecule is O=C(NCC(=O)N1CCCCC1)c1cc2c(cc1O)CCCC2. The molecule has 0 saturated carbocycles. The molecule has 0 spiro atoms. The van der Waals surface area contributed by atoms with Gasteiger partial charge in [-0.25, -0.2) is 0 Å². The number of aromatic hydroxyl groups is 1. The lowest BCUT2D eigenvalue weighted by Crippen LogP contribution is -2.42. The molecule has 1 heterocycles. The molecule has 0 aromatic heterocycles. The lowest BCUT2D eigenvalue weighted by atomic mass is 9.90. The minimum absolute atomic E-state index is 0.00461. The van der Waals surface area contributed by atoms with Gasteiger partial charge in [0.2, 0.25) is 5.91 Å². The van der Waals surface area contributed by atoms with Gasteiger partial charge < -0.3 is 15.3 Å². The largest absolute Gasteiger partial charge is 0.507 e. The van der Waals surface area contributed by atoms with E-state index in [4.69, 9.17) is 0 Å². The summed E-state index contributed by atoms with van der Waals surface area (Å²) < 4.78 is 0. The number of phenols is 1. The molecule has 23 heavy (non-hydrogen) atoms. The van der Waals surface area contributed by atoms with E-state index in [2.05, 4.69) is 5.32 Å². The lowest BCUT2D eigenvalue weighted by molar-refractivity contribution is -0.130. The number of hydrogen-bond donors (Lipinski definition) is 2. The number of piperidine rings is 1. The number of likely N-dealkylation sites (tertiary alicyclic amines) is 1. The molecular formula is C18H24N2O3. The molecule has 0 unspecified atom stereocenters. The molecule has 5 heteroatoms. The van der Waals surface area contributed by atoms with E-state index in [9.17, 15) is 14.7 Å². The van der Waals surface area contributed by atoms with Crippen molar-refractivity contribution in [3.63, 3.8) is 0 Å². The zero-order chi connectivity index (χ0) is 16.2. The second kappa shape index (κ2) is 7.02. The molecule has 1 fully saturated rings. The van der Waals surface area contributed by atoms with Crippen LogP contribution in [0.15, 0.2) is 12.1 Å². The van der Waals surface area contributed by atoms with Crippen LogP contribution in [0.25, 0.3) is 0 Å². The van der Waals surface area contributed by atoms with Crippen molar-refractivity contribution in [3.05, 3.63) is 28.8 Å². The monoisotopic (exact) mass is 316 g/mol. The molecule has 2 N–H and O–H groups in total. The first kappa shape index (κ1) is 15.8. The van der Waals surface area contributed by atoms with E-state index >= 15 is 0 Å². The predicted octanol–water partition coefficient (Wildman–Crippen LogP) is 2.01. The van der Waals surface area contributed by atoms with Gasteiger partial charge in [-0.3, -0.25) is 9.59 Å². The first-order valence-corrected chi connectivity index (χ1v) is 8.56. The van der Waals surface area contributed by atoms with Crippen LogP contribution in [0.3, 0.4) is 0 Å². The van der Waals surface area contributed by atoms with Crippen LogP contribution in [-0.2, 0) is 17.6 Å². The number of phenolic OH excluding ortho intramolecular Hbond substituents is 1. The van der Waals surface area contributed by atoms with Gasteiger partial charge in [0.15, 0.2) is 0 Å². The number of benzene rings is 1. The molecule has 0 radical (unpaired) electrons. The van der Waals surface area contributed by atoms with Crippen molar-refractivity contribution in [1.82, 2.24) is 10.2 Å². The van der Waals surface area contributed by atoms with Crippen LogP contribution in [0, 0.1) is 0 Å². The van der Waals surface area contributed by atoms with Gasteiger partial charge in [0, 0.05) is 13.1 Å². The summed E-state index contributed by atoms with van der Waals surface area (Å²) in [5.41, 5.74) is 2.55. The first-order chi connectivity index (χ1) is 11.1. The van der Waals surface area contributed by atoms with Crippen molar-refractivity contribution in [2.45, 2.75) is 44.9 Å². The van der Waals surface area contributed by atoms with Crippen LogP contribution in [-0.4, -0.2) is 41.5 Å². The molecule has 2 aliphatic rings. The molecule has 1 aromatic carbocycles. The molecule has 3 rings (SSSR count). The van der Waals surface area contributed by atoms with E-state index in [-0.39, 0.29) is 29.7 Å². The summed E-state index contributed by atoms with van der Waals surface area (Å²) in [4.78, 5) is 26.2. The summed E-state index contributed by atoms with van der Waals surface area (Å²) in [6.45, 7) is 1.55. The number of aryl methyl sites for hydroxylation is 2. The van der Waals surface area contributed by atoms with Crippen molar-refractivity contribution in [1.29, 1.82) is 0 Å². The Morgan fingerprint density at radius 1 is 1.00 bits per heavy atom. The zero-order valence-corrected chi connectivity index (χ0v) is 13.4. The lowest BCUT2D eigenvalue weighted by Gasteiger charge is -2.26. The fourth-order valence-electron chi connectivity index (χ4n) is 3.46. The van der Waals surface area contributed by atoms with Crippen LogP contribution in [0.5, 0.6) is 5.75 Å². The molecule has 1 saturated heterocycles. The van der Waals surface area contributed by atoms with Gasteiger partial charge in [-0.15, -0.1) is 0 Å². The fraction of sp³-hybridized carbons (Fsp3) is 0.556. The standard InChI is InChI=1S/C18H24N2O3/c21-16-11-14-7-3-2-6-13(14)10-15(16)18(23)19-12-17(22)20-8-4-1-5-9-20/h10-11,21H,1-9,12H2,(H,19,23). The summed E-state index contributed by atoms with van der Waals surface area (Å²) in [6, 6.07) is 3.49. The van der Waals surface area contributed by atoms with E-state index in [0.29, 0.717) is 0 Å². The average molecular weight is 316 g/mol. The Kier molecular flexibility index (Phi) is 4.84. The summed E-state index contributed by atoms with van der Waals surface area (Å²) >= 11 is 0. The van der Waals surface area contributed by atoms with Crippen LogP contribution in [0.4, 0.5) is 0 Å². The molecule has 1 aromatic rings. The molecule has 1 aliphatic heterocycles. The molecule has 1 aliphatic carbocycles. The Morgan fingerprint density at radius 3 is 2.35 bits per heavy atom. The number of rotatable bonds is 3. The smallest absolute Gasteiger partial charge is 0.255 e. The highest BCUT2D eigenvalue weighted by atomic mass is 16.3. The maximum absolute atomic E-state index is 12.3. The normalized spacial score (nSPS) is 17.5. The number of nitrogens with one attached hydrogen (secondary N) is 1. The van der Waals surface area contributed by atoms with E-state index in [1.165, 1.54) is 6.42 Å². The highest BCUT2D eigenvalue weighted by molar-refractivity contribution is 5.99. The average Bonchev–Trinajstić information content (AvgIpc) is 2.59. The van der Waals surface area contributed by atoms with Gasteiger partial charge in [-0.05, 0) is 68.2 Å². The number of carbonyl (C=O) groups is 2. The highest BCUT2D eigenvalue weighted by Gasteiger charge is 2.20. The minimum Gasteiger partial charge on any atom is -0.507 e. The third-order valence-corrected chi connectivity index (χ3v) is 4.81.